The first-order valence-corrected chi connectivity index (χ1v) is 6.27. The quantitative estimate of drug-likeness (QED) is 0.892. The van der Waals surface area contributed by atoms with E-state index in [0.29, 0.717) is 22.5 Å². The Kier molecular flexibility index (Phi) is 4.23. The monoisotopic (exact) mass is 331 g/mol. The highest BCUT2D eigenvalue weighted by molar-refractivity contribution is 6.34. The molecule has 0 fully saturated rings. The van der Waals surface area contributed by atoms with Gasteiger partial charge in [-0.05, 0) is 18.6 Å². The van der Waals surface area contributed by atoms with Crippen molar-refractivity contribution >= 4 is 29.2 Å². The molecular weight excluding hydrogens is 323 g/mol. The van der Waals surface area contributed by atoms with Crippen LogP contribution in [0.2, 0.25) is 5.02 Å². The molecule has 1 heterocycles. The lowest BCUT2D eigenvalue weighted by Gasteiger charge is -2.12. The molecule has 2 rings (SSSR count). The summed E-state index contributed by atoms with van der Waals surface area (Å²) in [5, 5.41) is 11.6. The third-order valence-corrected chi connectivity index (χ3v) is 3.23. The predicted octanol–water partition coefficient (Wildman–Crippen LogP) is 3.90. The molecule has 0 saturated carbocycles. The van der Waals surface area contributed by atoms with Crippen LogP contribution in [0.15, 0.2) is 24.4 Å². The fourth-order valence-electron chi connectivity index (χ4n) is 1.68. The van der Waals surface area contributed by atoms with Crippen LogP contribution in [0.3, 0.4) is 0 Å². The van der Waals surface area contributed by atoms with E-state index in [2.05, 4.69) is 15.3 Å². The predicted molar refractivity (Wildman–Crippen MR) is 73.5 cm³/mol. The van der Waals surface area contributed by atoms with Crippen LogP contribution >= 0.6 is 11.6 Å². The van der Waals surface area contributed by atoms with Crippen LogP contribution in [-0.2, 0) is 6.18 Å². The maximum Gasteiger partial charge on any atom is 0.434 e. The molecule has 5 nitrogen and oxygen atoms in total. The summed E-state index contributed by atoms with van der Waals surface area (Å²) in [6.45, 7) is 1.73. The fourth-order valence-corrected chi connectivity index (χ4v) is 1.85. The Morgan fingerprint density at radius 3 is 2.64 bits per heavy atom. The summed E-state index contributed by atoms with van der Waals surface area (Å²) in [5.41, 5.74) is -1.52. The van der Waals surface area contributed by atoms with E-state index in [9.17, 15) is 18.0 Å². The van der Waals surface area contributed by atoms with Gasteiger partial charge in [0.1, 0.15) is 5.56 Å². The Morgan fingerprint density at radius 1 is 1.36 bits per heavy atom. The Bertz CT molecular complexity index is 735. The number of nitrogens with one attached hydrogen (secondary N) is 1. The largest absolute Gasteiger partial charge is 0.478 e. The van der Waals surface area contributed by atoms with Gasteiger partial charge >= 0.3 is 12.1 Å². The maximum atomic E-state index is 12.9. The maximum absolute atomic E-state index is 12.9. The number of hydrogen-bond acceptors (Lipinski definition) is 4. The molecule has 0 amide bonds. The van der Waals surface area contributed by atoms with E-state index in [1.54, 1.807) is 19.1 Å². The molecule has 0 unspecified atom stereocenters. The lowest BCUT2D eigenvalue weighted by molar-refractivity contribution is -0.141. The number of halogens is 4. The van der Waals surface area contributed by atoms with Crippen LogP contribution < -0.4 is 5.32 Å². The Hall–Kier alpha value is -2.35. The van der Waals surface area contributed by atoms with Gasteiger partial charge in [0.2, 0.25) is 5.95 Å². The number of aryl methyl sites for hydroxylation is 1. The molecule has 2 N–H and O–H groups in total. The second-order valence-corrected chi connectivity index (χ2v) is 4.70. The summed E-state index contributed by atoms with van der Waals surface area (Å²) in [6, 6.07) is 4.92. The molecule has 0 atom stereocenters. The molecule has 22 heavy (non-hydrogen) atoms. The van der Waals surface area contributed by atoms with Crippen molar-refractivity contribution < 1.29 is 23.1 Å². The van der Waals surface area contributed by atoms with E-state index in [1.165, 1.54) is 6.07 Å². The van der Waals surface area contributed by atoms with Crippen LogP contribution in [0.25, 0.3) is 0 Å². The minimum Gasteiger partial charge on any atom is -0.478 e. The van der Waals surface area contributed by atoms with E-state index in [1.807, 2.05) is 0 Å². The number of rotatable bonds is 3. The van der Waals surface area contributed by atoms with E-state index >= 15 is 0 Å². The van der Waals surface area contributed by atoms with Crippen LogP contribution in [0.4, 0.5) is 24.8 Å². The zero-order chi connectivity index (χ0) is 16.5. The lowest BCUT2D eigenvalue weighted by Crippen LogP contribution is -2.17. The van der Waals surface area contributed by atoms with Crippen molar-refractivity contribution in [2.75, 3.05) is 5.32 Å². The number of alkyl halides is 3. The van der Waals surface area contributed by atoms with Crippen molar-refractivity contribution in [2.24, 2.45) is 0 Å². The number of nitrogens with zero attached hydrogens (tertiary/aromatic N) is 2. The number of carbonyl (C=O) groups is 1. The highest BCUT2D eigenvalue weighted by atomic mass is 35.5. The number of carboxylic acids is 1. The molecular formula is C13H9ClF3N3O2. The first kappa shape index (κ1) is 16.0. The molecule has 2 aromatic rings. The summed E-state index contributed by atoms with van der Waals surface area (Å²) in [7, 11) is 0. The molecule has 0 saturated heterocycles. The van der Waals surface area contributed by atoms with Gasteiger partial charge in [-0.25, -0.2) is 14.8 Å². The van der Waals surface area contributed by atoms with E-state index < -0.39 is 29.4 Å². The van der Waals surface area contributed by atoms with Crippen molar-refractivity contribution in [3.05, 3.63) is 46.2 Å². The average molecular weight is 332 g/mol. The summed E-state index contributed by atoms with van der Waals surface area (Å²) < 4.78 is 38.6. The molecule has 1 aromatic carbocycles. The third-order valence-electron chi connectivity index (χ3n) is 2.73. The van der Waals surface area contributed by atoms with Crippen LogP contribution in [0.1, 0.15) is 21.6 Å². The molecule has 0 aliphatic carbocycles. The first-order valence-electron chi connectivity index (χ1n) is 5.90. The SMILES string of the molecule is Cc1cccc(Nc2ncc(C(=O)O)c(C(F)(F)F)n2)c1Cl. The fraction of sp³-hybridized carbons (Fsp3) is 0.154. The normalized spacial score (nSPS) is 11.3. The van der Waals surface area contributed by atoms with Crippen LogP contribution in [-0.4, -0.2) is 21.0 Å². The number of aromatic carboxylic acids is 1. The number of hydrogen-bond donors (Lipinski definition) is 2. The third kappa shape index (κ3) is 3.28. The number of carboxylic acid groups (broad SMARTS) is 1. The van der Waals surface area contributed by atoms with Crippen molar-refractivity contribution in [2.45, 2.75) is 13.1 Å². The van der Waals surface area contributed by atoms with E-state index in [-0.39, 0.29) is 0 Å². The van der Waals surface area contributed by atoms with Crippen molar-refractivity contribution in [1.82, 2.24) is 9.97 Å². The minimum absolute atomic E-state index is 0.307. The number of benzene rings is 1. The Labute approximate surface area is 127 Å². The summed E-state index contributed by atoms with van der Waals surface area (Å²) in [6.07, 6.45) is -4.31. The van der Waals surface area contributed by atoms with Crippen LogP contribution in [0.5, 0.6) is 0 Å². The van der Waals surface area contributed by atoms with Gasteiger partial charge in [0.15, 0.2) is 5.69 Å². The highest BCUT2D eigenvalue weighted by Gasteiger charge is 2.38. The Balaban J connectivity index is 2.45. The second-order valence-electron chi connectivity index (χ2n) is 4.32. The number of anilines is 2. The Morgan fingerprint density at radius 2 is 2.05 bits per heavy atom. The van der Waals surface area contributed by atoms with Gasteiger partial charge in [0.25, 0.3) is 0 Å². The molecule has 0 bridgehead atoms. The standard InChI is InChI=1S/C13H9ClF3N3O2/c1-6-3-2-4-8(9(6)14)19-12-18-5-7(11(21)22)10(20-12)13(15,16)17/h2-5H,1H3,(H,21,22)(H,18,19,20). The van der Waals surface area contributed by atoms with Gasteiger partial charge in [-0.1, -0.05) is 23.7 Å². The van der Waals surface area contributed by atoms with Crippen molar-refractivity contribution in [1.29, 1.82) is 0 Å². The molecule has 0 radical (unpaired) electrons. The van der Waals surface area contributed by atoms with Crippen LogP contribution in [0, 0.1) is 6.92 Å². The average Bonchev–Trinajstić information content (AvgIpc) is 2.42. The summed E-state index contributed by atoms with van der Waals surface area (Å²) >= 11 is 6.02. The van der Waals surface area contributed by atoms with Crippen molar-refractivity contribution in [3.63, 3.8) is 0 Å². The van der Waals surface area contributed by atoms with Gasteiger partial charge in [-0.2, -0.15) is 13.2 Å². The molecule has 0 spiro atoms. The van der Waals surface area contributed by atoms with Crippen molar-refractivity contribution in [3.8, 4) is 0 Å². The molecule has 0 aliphatic heterocycles. The van der Waals surface area contributed by atoms with Gasteiger partial charge in [0, 0.05) is 6.20 Å². The van der Waals surface area contributed by atoms with Gasteiger partial charge < -0.3 is 10.4 Å². The smallest absolute Gasteiger partial charge is 0.434 e. The van der Waals surface area contributed by atoms with E-state index in [0.717, 1.165) is 0 Å². The van der Waals surface area contributed by atoms with E-state index in [4.69, 9.17) is 16.7 Å². The topological polar surface area (TPSA) is 75.1 Å². The van der Waals surface area contributed by atoms with Gasteiger partial charge in [-0.15, -0.1) is 0 Å². The first-order chi connectivity index (χ1) is 10.2. The zero-order valence-electron chi connectivity index (χ0n) is 11.1. The molecule has 0 aliphatic rings. The van der Waals surface area contributed by atoms with Gasteiger partial charge in [0.05, 0.1) is 10.7 Å². The molecule has 9 heteroatoms. The second kappa shape index (κ2) is 5.80. The lowest BCUT2D eigenvalue weighted by atomic mass is 10.2. The highest BCUT2D eigenvalue weighted by Crippen LogP contribution is 2.32. The summed E-state index contributed by atoms with van der Waals surface area (Å²) in [5.74, 6) is -2.16. The van der Waals surface area contributed by atoms with Gasteiger partial charge in [-0.3, -0.25) is 0 Å². The molecule has 1 aromatic heterocycles. The minimum atomic E-state index is -4.91. The molecule has 116 valence electrons. The summed E-state index contributed by atoms with van der Waals surface area (Å²) in [4.78, 5) is 17.6. The zero-order valence-corrected chi connectivity index (χ0v) is 11.8. The number of aromatic nitrogens is 2.